The maximum Gasteiger partial charge on any atom is 0.243 e. The van der Waals surface area contributed by atoms with Crippen molar-refractivity contribution in [1.29, 1.82) is 0 Å². The van der Waals surface area contributed by atoms with E-state index < -0.39 is 0 Å². The second kappa shape index (κ2) is 5.99. The molecule has 0 fully saturated rings. The van der Waals surface area contributed by atoms with Crippen LogP contribution in [-0.2, 0) is 0 Å². The van der Waals surface area contributed by atoms with Crippen LogP contribution in [0.5, 0.6) is 0 Å². The highest BCUT2D eigenvalue weighted by molar-refractivity contribution is 6.43. The van der Waals surface area contributed by atoms with Crippen molar-refractivity contribution in [3.05, 3.63) is 51.3 Å². The van der Waals surface area contributed by atoms with Gasteiger partial charge < -0.3 is 0 Å². The second-order valence-electron chi connectivity index (χ2n) is 3.99. The maximum absolute atomic E-state index is 6.04. The zero-order valence-electron chi connectivity index (χ0n) is 10.5. The van der Waals surface area contributed by atoms with Crippen molar-refractivity contribution >= 4 is 35.4 Å². The predicted octanol–water partition coefficient (Wildman–Crippen LogP) is 3.85. The van der Waals surface area contributed by atoms with E-state index >= 15 is 0 Å². The van der Waals surface area contributed by atoms with Crippen LogP contribution in [-0.4, -0.2) is 16.2 Å². The Morgan fingerprint density at radius 2 is 1.84 bits per heavy atom. The van der Waals surface area contributed by atoms with Gasteiger partial charge in [0.2, 0.25) is 5.95 Å². The zero-order chi connectivity index (χ0) is 13.8. The van der Waals surface area contributed by atoms with E-state index in [1.807, 2.05) is 32.0 Å². The highest BCUT2D eigenvalue weighted by Crippen LogP contribution is 2.24. The molecule has 0 bridgehead atoms. The molecule has 0 aliphatic rings. The maximum atomic E-state index is 6.04. The number of nitrogens with one attached hydrogen (secondary N) is 1. The lowest BCUT2D eigenvalue weighted by Crippen LogP contribution is -1.99. The van der Waals surface area contributed by atoms with Crippen molar-refractivity contribution in [2.75, 3.05) is 5.43 Å². The monoisotopic (exact) mass is 294 g/mol. The summed E-state index contributed by atoms with van der Waals surface area (Å²) in [6.45, 7) is 3.80. The van der Waals surface area contributed by atoms with Gasteiger partial charge in [0.1, 0.15) is 0 Å². The van der Waals surface area contributed by atoms with E-state index in [0.29, 0.717) is 16.0 Å². The lowest BCUT2D eigenvalue weighted by Gasteiger charge is -2.02. The lowest BCUT2D eigenvalue weighted by atomic mass is 10.2. The summed E-state index contributed by atoms with van der Waals surface area (Å²) >= 11 is 12.0. The molecule has 0 amide bonds. The van der Waals surface area contributed by atoms with E-state index in [2.05, 4.69) is 20.5 Å². The Bertz CT molecular complexity index is 606. The van der Waals surface area contributed by atoms with Crippen LogP contribution in [0.25, 0.3) is 0 Å². The number of rotatable bonds is 3. The van der Waals surface area contributed by atoms with E-state index in [1.54, 1.807) is 12.3 Å². The molecule has 1 N–H and O–H groups in total. The van der Waals surface area contributed by atoms with Crippen LogP contribution >= 0.6 is 23.2 Å². The molecule has 0 aliphatic carbocycles. The van der Waals surface area contributed by atoms with Crippen LogP contribution in [0.1, 0.15) is 17.0 Å². The Morgan fingerprint density at radius 1 is 1.16 bits per heavy atom. The topological polar surface area (TPSA) is 50.2 Å². The van der Waals surface area contributed by atoms with Crippen LogP contribution in [0, 0.1) is 13.8 Å². The number of hydrazone groups is 1. The molecule has 2 rings (SSSR count). The summed E-state index contributed by atoms with van der Waals surface area (Å²) in [5.74, 6) is 0.451. The second-order valence-corrected chi connectivity index (χ2v) is 4.77. The molecule has 19 heavy (non-hydrogen) atoms. The molecule has 2 aromatic rings. The average Bonchev–Trinajstić information content (AvgIpc) is 2.33. The Morgan fingerprint density at radius 3 is 2.53 bits per heavy atom. The molecule has 1 aromatic heterocycles. The van der Waals surface area contributed by atoms with Gasteiger partial charge in [-0.15, -0.1) is 0 Å². The number of benzene rings is 1. The van der Waals surface area contributed by atoms with Crippen molar-refractivity contribution in [2.45, 2.75) is 13.8 Å². The van der Waals surface area contributed by atoms with Gasteiger partial charge in [-0.1, -0.05) is 35.3 Å². The first-order valence-electron chi connectivity index (χ1n) is 5.61. The third kappa shape index (κ3) is 3.66. The molecule has 0 aliphatic heterocycles. The molecule has 98 valence electrons. The van der Waals surface area contributed by atoms with Crippen molar-refractivity contribution in [3.63, 3.8) is 0 Å². The summed E-state index contributed by atoms with van der Waals surface area (Å²) in [4.78, 5) is 8.42. The zero-order valence-corrected chi connectivity index (χ0v) is 12.0. The molecule has 0 saturated heterocycles. The summed E-state index contributed by atoms with van der Waals surface area (Å²) in [6, 6.07) is 7.25. The Kier molecular flexibility index (Phi) is 4.35. The third-order valence-electron chi connectivity index (χ3n) is 2.33. The first-order chi connectivity index (χ1) is 9.06. The van der Waals surface area contributed by atoms with Gasteiger partial charge in [-0.3, -0.25) is 0 Å². The van der Waals surface area contributed by atoms with Gasteiger partial charge in [0.05, 0.1) is 16.3 Å². The van der Waals surface area contributed by atoms with Gasteiger partial charge in [0.25, 0.3) is 0 Å². The molecule has 1 aromatic carbocycles. The third-order valence-corrected chi connectivity index (χ3v) is 3.17. The molecule has 4 nitrogen and oxygen atoms in total. The molecule has 1 heterocycles. The summed E-state index contributed by atoms with van der Waals surface area (Å²) < 4.78 is 0. The highest BCUT2D eigenvalue weighted by atomic mass is 35.5. The van der Waals surface area contributed by atoms with E-state index in [0.717, 1.165) is 17.0 Å². The first kappa shape index (κ1) is 13.8. The van der Waals surface area contributed by atoms with Gasteiger partial charge in [-0.2, -0.15) is 5.10 Å². The van der Waals surface area contributed by atoms with Gasteiger partial charge in [0.15, 0.2) is 0 Å². The lowest BCUT2D eigenvalue weighted by molar-refractivity contribution is 1.04. The number of hydrogen-bond donors (Lipinski definition) is 1. The van der Waals surface area contributed by atoms with Crippen LogP contribution in [0.3, 0.4) is 0 Å². The van der Waals surface area contributed by atoms with E-state index in [4.69, 9.17) is 23.2 Å². The number of anilines is 1. The Hall–Kier alpha value is -1.65. The minimum Gasteiger partial charge on any atom is -0.245 e. The number of aromatic nitrogens is 2. The first-order valence-corrected chi connectivity index (χ1v) is 6.37. The molecule has 0 spiro atoms. The predicted molar refractivity (Wildman–Crippen MR) is 79.2 cm³/mol. The molecule has 0 radical (unpaired) electrons. The molecule has 6 heteroatoms. The SMILES string of the molecule is Cc1cc(C)nc(N/N=C\c2cccc(Cl)c2Cl)n1. The van der Waals surface area contributed by atoms with Crippen molar-refractivity contribution in [3.8, 4) is 0 Å². The summed E-state index contributed by atoms with van der Waals surface area (Å²) in [5.41, 5.74) is 5.26. The van der Waals surface area contributed by atoms with Gasteiger partial charge >= 0.3 is 0 Å². The number of hydrogen-bond acceptors (Lipinski definition) is 4. The molecule has 0 atom stereocenters. The summed E-state index contributed by atoms with van der Waals surface area (Å²) in [7, 11) is 0. The molecular weight excluding hydrogens is 283 g/mol. The Balaban J connectivity index is 2.13. The number of halogens is 2. The minimum absolute atomic E-state index is 0.451. The van der Waals surface area contributed by atoms with Crippen LogP contribution in [0.4, 0.5) is 5.95 Å². The molecule has 0 unspecified atom stereocenters. The minimum atomic E-state index is 0.451. The molecular formula is C13H12Cl2N4. The standard InChI is InChI=1S/C13H12Cl2N4/c1-8-6-9(2)18-13(17-8)19-16-7-10-4-3-5-11(14)12(10)15/h3-7H,1-2H3,(H,17,18,19)/b16-7-. The fraction of sp³-hybridized carbons (Fsp3) is 0.154. The highest BCUT2D eigenvalue weighted by Gasteiger charge is 2.01. The van der Waals surface area contributed by atoms with E-state index in [1.165, 1.54) is 0 Å². The van der Waals surface area contributed by atoms with Gasteiger partial charge in [-0.25, -0.2) is 15.4 Å². The van der Waals surface area contributed by atoms with Crippen molar-refractivity contribution in [1.82, 2.24) is 9.97 Å². The quantitative estimate of drug-likeness (QED) is 0.691. The number of aryl methyl sites for hydroxylation is 2. The smallest absolute Gasteiger partial charge is 0.243 e. The largest absolute Gasteiger partial charge is 0.245 e. The van der Waals surface area contributed by atoms with Crippen molar-refractivity contribution in [2.24, 2.45) is 5.10 Å². The van der Waals surface area contributed by atoms with Gasteiger partial charge in [0, 0.05) is 17.0 Å². The average molecular weight is 295 g/mol. The van der Waals surface area contributed by atoms with E-state index in [9.17, 15) is 0 Å². The summed E-state index contributed by atoms with van der Waals surface area (Å²) in [6.07, 6.45) is 1.58. The fourth-order valence-corrected chi connectivity index (χ4v) is 1.91. The number of nitrogens with zero attached hydrogens (tertiary/aromatic N) is 3. The van der Waals surface area contributed by atoms with Gasteiger partial charge in [-0.05, 0) is 26.0 Å². The summed E-state index contributed by atoms with van der Waals surface area (Å²) in [5, 5.41) is 5.02. The fourth-order valence-electron chi connectivity index (χ4n) is 1.56. The Labute approximate surface area is 121 Å². The molecule has 0 saturated carbocycles. The van der Waals surface area contributed by atoms with Crippen LogP contribution < -0.4 is 5.43 Å². The van der Waals surface area contributed by atoms with E-state index in [-0.39, 0.29) is 0 Å². The van der Waals surface area contributed by atoms with Crippen molar-refractivity contribution < 1.29 is 0 Å². The normalized spacial score (nSPS) is 10.9. The van der Waals surface area contributed by atoms with Crippen LogP contribution in [0.2, 0.25) is 10.0 Å². The van der Waals surface area contributed by atoms with Crippen LogP contribution in [0.15, 0.2) is 29.4 Å².